The van der Waals surface area contributed by atoms with Crippen molar-refractivity contribution in [2.75, 3.05) is 4.90 Å². The van der Waals surface area contributed by atoms with Gasteiger partial charge in [-0.05, 0) is 73.4 Å². The SMILES string of the molecule is CC(C)c1ccc(N2C(=S)N[C@@H](c3ccccn3)[C@@H]2c2ccn(C(C)C)c2)cc1. The topological polar surface area (TPSA) is 33.1 Å². The van der Waals surface area contributed by atoms with Gasteiger partial charge in [0.25, 0.3) is 0 Å². The first-order valence-electron chi connectivity index (χ1n) is 10.2. The summed E-state index contributed by atoms with van der Waals surface area (Å²) >= 11 is 5.80. The van der Waals surface area contributed by atoms with Crippen LogP contribution in [0.25, 0.3) is 0 Å². The van der Waals surface area contributed by atoms with Crippen LogP contribution in [0.15, 0.2) is 67.1 Å². The summed E-state index contributed by atoms with van der Waals surface area (Å²) in [6.07, 6.45) is 6.23. The molecule has 0 bridgehead atoms. The van der Waals surface area contributed by atoms with Crippen LogP contribution < -0.4 is 10.2 Å². The Labute approximate surface area is 178 Å². The Morgan fingerprint density at radius 2 is 1.76 bits per heavy atom. The predicted molar refractivity (Wildman–Crippen MR) is 123 cm³/mol. The molecule has 3 aromatic rings. The molecule has 3 heterocycles. The molecule has 1 aliphatic heterocycles. The third-order valence-corrected chi connectivity index (χ3v) is 5.93. The highest BCUT2D eigenvalue weighted by molar-refractivity contribution is 7.80. The fraction of sp³-hybridized carbons (Fsp3) is 0.333. The van der Waals surface area contributed by atoms with Crippen molar-refractivity contribution in [3.63, 3.8) is 0 Å². The molecule has 2 aromatic heterocycles. The number of pyridine rings is 1. The van der Waals surface area contributed by atoms with Crippen molar-refractivity contribution in [2.45, 2.75) is 51.7 Å². The zero-order chi connectivity index (χ0) is 20.5. The summed E-state index contributed by atoms with van der Waals surface area (Å²) < 4.78 is 2.24. The van der Waals surface area contributed by atoms with E-state index in [4.69, 9.17) is 12.2 Å². The van der Waals surface area contributed by atoms with Crippen LogP contribution in [0, 0.1) is 0 Å². The molecule has 29 heavy (non-hydrogen) atoms. The minimum atomic E-state index is -0.00325. The number of anilines is 1. The number of hydrogen-bond acceptors (Lipinski definition) is 2. The van der Waals surface area contributed by atoms with Crippen LogP contribution in [0.5, 0.6) is 0 Å². The van der Waals surface area contributed by atoms with Crippen LogP contribution >= 0.6 is 12.2 Å². The number of hydrogen-bond donors (Lipinski definition) is 1. The molecule has 1 aliphatic rings. The first-order chi connectivity index (χ1) is 14.0. The normalized spacial score (nSPS) is 19.2. The molecule has 0 spiro atoms. The Hall–Kier alpha value is -2.66. The van der Waals surface area contributed by atoms with Crippen molar-refractivity contribution >= 4 is 23.0 Å². The third-order valence-electron chi connectivity index (χ3n) is 5.61. The van der Waals surface area contributed by atoms with Crippen molar-refractivity contribution < 1.29 is 0 Å². The largest absolute Gasteiger partial charge is 0.351 e. The maximum absolute atomic E-state index is 5.80. The molecule has 1 fully saturated rings. The van der Waals surface area contributed by atoms with Crippen LogP contribution in [0.2, 0.25) is 0 Å². The standard InChI is InChI=1S/C24H28N4S/c1-16(2)18-8-10-20(11-9-18)28-23(19-12-14-27(15-19)17(3)4)22(26-24(28)29)21-7-5-6-13-25-21/h5-17,22-23H,1-4H3,(H,26,29)/t22-,23-/m0/s1. The highest BCUT2D eigenvalue weighted by Crippen LogP contribution is 2.41. The number of aromatic nitrogens is 2. The summed E-state index contributed by atoms with van der Waals surface area (Å²) in [6, 6.07) is 17.5. The van der Waals surface area contributed by atoms with Gasteiger partial charge in [0.15, 0.2) is 5.11 Å². The zero-order valence-electron chi connectivity index (χ0n) is 17.4. The second kappa shape index (κ2) is 7.99. The van der Waals surface area contributed by atoms with E-state index in [-0.39, 0.29) is 12.1 Å². The monoisotopic (exact) mass is 404 g/mol. The minimum absolute atomic E-state index is 0.00325. The van der Waals surface area contributed by atoms with Gasteiger partial charge in [0.1, 0.15) is 0 Å². The number of nitrogens with zero attached hydrogens (tertiary/aromatic N) is 3. The van der Waals surface area contributed by atoms with Crippen molar-refractivity contribution in [3.8, 4) is 0 Å². The highest BCUT2D eigenvalue weighted by atomic mass is 32.1. The van der Waals surface area contributed by atoms with Crippen molar-refractivity contribution in [1.29, 1.82) is 0 Å². The molecule has 1 aromatic carbocycles. The van der Waals surface area contributed by atoms with E-state index < -0.39 is 0 Å². The fourth-order valence-electron chi connectivity index (χ4n) is 3.92. The molecule has 0 unspecified atom stereocenters. The second-order valence-electron chi connectivity index (χ2n) is 8.23. The zero-order valence-corrected chi connectivity index (χ0v) is 18.2. The molecular weight excluding hydrogens is 376 g/mol. The summed E-state index contributed by atoms with van der Waals surface area (Å²) in [7, 11) is 0. The Kier molecular flexibility index (Phi) is 5.41. The fourth-order valence-corrected chi connectivity index (χ4v) is 4.26. The van der Waals surface area contributed by atoms with Gasteiger partial charge in [0.2, 0.25) is 0 Å². The quantitative estimate of drug-likeness (QED) is 0.548. The molecule has 1 saturated heterocycles. The van der Waals surface area contributed by atoms with Crippen LogP contribution in [-0.2, 0) is 0 Å². The molecule has 4 rings (SSSR count). The smallest absolute Gasteiger partial charge is 0.174 e. The van der Waals surface area contributed by atoms with E-state index in [1.54, 1.807) is 0 Å². The van der Waals surface area contributed by atoms with Crippen LogP contribution in [0.3, 0.4) is 0 Å². The number of benzene rings is 1. The Morgan fingerprint density at radius 1 is 1.00 bits per heavy atom. The maximum Gasteiger partial charge on any atom is 0.174 e. The molecule has 150 valence electrons. The molecule has 1 N–H and O–H groups in total. The highest BCUT2D eigenvalue weighted by Gasteiger charge is 2.41. The van der Waals surface area contributed by atoms with Gasteiger partial charge in [-0.25, -0.2) is 0 Å². The molecule has 0 aliphatic carbocycles. The van der Waals surface area contributed by atoms with Crippen molar-refractivity contribution in [1.82, 2.24) is 14.9 Å². The minimum Gasteiger partial charge on any atom is -0.351 e. The van der Waals surface area contributed by atoms with Gasteiger partial charge in [0.05, 0.1) is 17.8 Å². The lowest BCUT2D eigenvalue weighted by molar-refractivity contribution is 0.560. The average Bonchev–Trinajstić information content (AvgIpc) is 3.33. The van der Waals surface area contributed by atoms with Gasteiger partial charge in [0, 0.05) is 30.3 Å². The lowest BCUT2D eigenvalue weighted by Gasteiger charge is -2.27. The van der Waals surface area contributed by atoms with E-state index in [1.165, 1.54) is 11.1 Å². The molecule has 2 atom stereocenters. The first-order valence-corrected chi connectivity index (χ1v) is 10.6. The number of thiocarbonyl (C=S) groups is 1. The number of rotatable bonds is 5. The molecule has 0 amide bonds. The van der Waals surface area contributed by atoms with Gasteiger partial charge in [-0.2, -0.15) is 0 Å². The lowest BCUT2D eigenvalue weighted by Crippen LogP contribution is -2.29. The Balaban J connectivity index is 1.78. The van der Waals surface area contributed by atoms with Crippen LogP contribution in [0.1, 0.15) is 68.6 Å². The maximum atomic E-state index is 5.80. The van der Waals surface area contributed by atoms with Crippen molar-refractivity contribution in [3.05, 3.63) is 83.9 Å². The summed E-state index contributed by atoms with van der Waals surface area (Å²) in [5.74, 6) is 0.504. The average molecular weight is 405 g/mol. The van der Waals surface area contributed by atoms with Crippen LogP contribution in [-0.4, -0.2) is 14.7 Å². The molecule has 5 heteroatoms. The number of nitrogens with one attached hydrogen (secondary N) is 1. The van der Waals surface area contributed by atoms with E-state index in [9.17, 15) is 0 Å². The second-order valence-corrected chi connectivity index (χ2v) is 8.62. The van der Waals surface area contributed by atoms with E-state index in [0.29, 0.717) is 12.0 Å². The molecule has 4 nitrogen and oxygen atoms in total. The molecular formula is C24H28N4S. The Morgan fingerprint density at radius 3 is 2.34 bits per heavy atom. The molecule has 0 radical (unpaired) electrons. The van der Waals surface area contributed by atoms with Gasteiger partial charge < -0.3 is 14.8 Å². The van der Waals surface area contributed by atoms with Crippen LogP contribution in [0.4, 0.5) is 5.69 Å². The van der Waals surface area contributed by atoms with Crippen molar-refractivity contribution in [2.24, 2.45) is 0 Å². The van der Waals surface area contributed by atoms with Gasteiger partial charge in [-0.15, -0.1) is 0 Å². The Bertz CT molecular complexity index is 976. The lowest BCUT2D eigenvalue weighted by atomic mass is 9.98. The van der Waals surface area contributed by atoms with E-state index >= 15 is 0 Å². The predicted octanol–water partition coefficient (Wildman–Crippen LogP) is 5.76. The van der Waals surface area contributed by atoms with Gasteiger partial charge in [-0.3, -0.25) is 4.98 Å². The van der Waals surface area contributed by atoms with E-state index in [0.717, 1.165) is 16.5 Å². The van der Waals surface area contributed by atoms with Gasteiger partial charge in [-0.1, -0.05) is 32.0 Å². The summed E-state index contributed by atoms with van der Waals surface area (Å²) in [5, 5.41) is 4.27. The van der Waals surface area contributed by atoms with Gasteiger partial charge >= 0.3 is 0 Å². The first kappa shape index (κ1) is 19.6. The summed E-state index contributed by atoms with van der Waals surface area (Å²) in [6.45, 7) is 8.82. The third kappa shape index (κ3) is 3.79. The summed E-state index contributed by atoms with van der Waals surface area (Å²) in [5.41, 5.74) is 4.66. The van der Waals surface area contributed by atoms with E-state index in [2.05, 4.69) is 96.3 Å². The molecule has 0 saturated carbocycles. The van der Waals surface area contributed by atoms with E-state index in [1.807, 2.05) is 18.3 Å². The summed E-state index contributed by atoms with van der Waals surface area (Å²) in [4.78, 5) is 6.86.